The second-order valence-corrected chi connectivity index (χ2v) is 12.9. The molecular weight excluding hydrogens is 602 g/mol. The molecule has 0 atom stereocenters. The number of benzene rings is 2. The van der Waals surface area contributed by atoms with Crippen LogP contribution in [0.15, 0.2) is 79.1 Å². The van der Waals surface area contributed by atoms with Crippen molar-refractivity contribution in [2.24, 2.45) is 5.92 Å². The molecule has 3 heterocycles. The van der Waals surface area contributed by atoms with Crippen LogP contribution >= 0.6 is 0 Å². The summed E-state index contributed by atoms with van der Waals surface area (Å²) in [5, 5.41) is 12.0. The minimum Gasteiger partial charge on any atom is -0.377 e. The Labute approximate surface area is 282 Å². The molecule has 1 saturated carbocycles. The number of hydrogen-bond acceptors (Lipinski definition) is 9. The number of anilines is 3. The first-order valence-electron chi connectivity index (χ1n) is 16.6. The third-order valence-electron chi connectivity index (χ3n) is 8.89. The fraction of sp³-hybridized carbons (Fsp3) is 0.378. The van der Waals surface area contributed by atoms with Crippen LogP contribution in [0.4, 0.5) is 17.6 Å². The van der Waals surface area contributed by atoms with Crippen LogP contribution in [0, 0.1) is 5.92 Å². The van der Waals surface area contributed by atoms with Gasteiger partial charge in [-0.2, -0.15) is 10.1 Å². The molecule has 0 radical (unpaired) electrons. The van der Waals surface area contributed by atoms with E-state index in [2.05, 4.69) is 60.7 Å². The van der Waals surface area contributed by atoms with Gasteiger partial charge in [0.15, 0.2) is 0 Å². The molecule has 6 rings (SSSR count). The predicted octanol–water partition coefficient (Wildman–Crippen LogP) is 5.76. The number of aromatic amines is 1. The van der Waals surface area contributed by atoms with E-state index in [1.165, 1.54) is 0 Å². The Balaban J connectivity index is 1.19. The van der Waals surface area contributed by atoms with Crippen molar-refractivity contribution >= 4 is 34.4 Å². The zero-order valence-electron chi connectivity index (χ0n) is 28.3. The lowest BCUT2D eigenvalue weighted by Gasteiger charge is -2.31. The molecule has 0 saturated heterocycles. The van der Waals surface area contributed by atoms with Crippen LogP contribution in [-0.2, 0) is 22.6 Å². The smallest absolute Gasteiger partial charge is 0.234 e. The number of fused-ring (bicyclic) bond motifs is 1. The Bertz CT molecular complexity index is 1780. The molecule has 0 aliphatic heterocycles. The molecule has 11 nitrogen and oxygen atoms in total. The molecule has 0 bridgehead atoms. The van der Waals surface area contributed by atoms with Gasteiger partial charge in [0.05, 0.1) is 37.0 Å². The van der Waals surface area contributed by atoms with Gasteiger partial charge in [0.2, 0.25) is 11.9 Å². The van der Waals surface area contributed by atoms with E-state index >= 15 is 0 Å². The SMILES string of the molecule is CN(C)CCOC1CCC(C(=O)N(Cc2ccc(-c3ccc(N(C)C)nc3)cc2)c2nccc(NCc3n[nH]c4ccccc34)n2)CC1. The van der Waals surface area contributed by atoms with Crippen molar-refractivity contribution in [3.8, 4) is 11.1 Å². The number of amides is 1. The molecule has 0 spiro atoms. The average Bonchev–Trinajstić information content (AvgIpc) is 3.53. The molecule has 48 heavy (non-hydrogen) atoms. The summed E-state index contributed by atoms with van der Waals surface area (Å²) < 4.78 is 6.11. The van der Waals surface area contributed by atoms with Gasteiger partial charge in [-0.1, -0.05) is 42.5 Å². The van der Waals surface area contributed by atoms with Gasteiger partial charge in [0, 0.05) is 49.9 Å². The number of H-pyrrole nitrogens is 1. The molecule has 250 valence electrons. The molecule has 1 aliphatic carbocycles. The van der Waals surface area contributed by atoms with Crippen molar-refractivity contribution in [2.75, 3.05) is 56.5 Å². The van der Waals surface area contributed by atoms with E-state index in [0.717, 1.165) is 71.3 Å². The van der Waals surface area contributed by atoms with Crippen LogP contribution < -0.4 is 15.1 Å². The third kappa shape index (κ3) is 8.15. The predicted molar refractivity (Wildman–Crippen MR) is 191 cm³/mol. The molecule has 11 heteroatoms. The number of rotatable bonds is 13. The number of para-hydroxylation sites is 1. The summed E-state index contributed by atoms with van der Waals surface area (Å²) in [4.78, 5) is 34.1. The van der Waals surface area contributed by atoms with Gasteiger partial charge in [-0.15, -0.1) is 0 Å². The maximum Gasteiger partial charge on any atom is 0.234 e. The standard InChI is InChI=1S/C37H45N9O2/c1-44(2)21-22-48-30-16-13-28(14-17-30)36(47)46(25-26-9-11-27(12-10-26)29-15-18-35(40-23-29)45(3)4)37-38-20-19-34(41-37)39-24-33-31-7-5-6-8-32(31)42-43-33/h5-12,15,18-20,23,28,30H,13-14,16-17,21-22,24-25H2,1-4H3,(H,42,43)(H,38,39,41). The highest BCUT2D eigenvalue weighted by molar-refractivity contribution is 5.93. The first-order valence-corrected chi connectivity index (χ1v) is 16.6. The Hall–Kier alpha value is -4.87. The van der Waals surface area contributed by atoms with Crippen LogP contribution in [-0.4, -0.2) is 83.4 Å². The van der Waals surface area contributed by atoms with Gasteiger partial charge in [0.25, 0.3) is 0 Å². The van der Waals surface area contributed by atoms with Crippen LogP contribution in [0.25, 0.3) is 22.0 Å². The second-order valence-electron chi connectivity index (χ2n) is 12.9. The molecule has 2 aromatic carbocycles. The van der Waals surface area contributed by atoms with E-state index in [9.17, 15) is 4.79 Å². The quantitative estimate of drug-likeness (QED) is 0.165. The molecular formula is C37H45N9O2. The van der Waals surface area contributed by atoms with Crippen LogP contribution in [0.3, 0.4) is 0 Å². The Morgan fingerprint density at radius 2 is 1.69 bits per heavy atom. The minimum absolute atomic E-state index is 0.0461. The summed E-state index contributed by atoms with van der Waals surface area (Å²) in [5.41, 5.74) is 4.98. The average molecular weight is 648 g/mol. The Kier molecular flexibility index (Phi) is 10.6. The zero-order valence-corrected chi connectivity index (χ0v) is 28.3. The highest BCUT2D eigenvalue weighted by Gasteiger charge is 2.32. The lowest BCUT2D eigenvalue weighted by molar-refractivity contribution is -0.124. The molecule has 2 N–H and O–H groups in total. The number of pyridine rings is 1. The molecule has 1 fully saturated rings. The van der Waals surface area contributed by atoms with Crippen molar-refractivity contribution in [1.29, 1.82) is 0 Å². The van der Waals surface area contributed by atoms with Crippen LogP contribution in [0.2, 0.25) is 0 Å². The van der Waals surface area contributed by atoms with Gasteiger partial charge in [-0.3, -0.25) is 14.8 Å². The lowest BCUT2D eigenvalue weighted by Crippen LogP contribution is -2.39. The summed E-state index contributed by atoms with van der Waals surface area (Å²) in [6.07, 6.45) is 7.08. The molecule has 0 unspecified atom stereocenters. The maximum atomic E-state index is 14.2. The Morgan fingerprint density at radius 1 is 0.917 bits per heavy atom. The zero-order chi connectivity index (χ0) is 33.5. The highest BCUT2D eigenvalue weighted by atomic mass is 16.5. The highest BCUT2D eigenvalue weighted by Crippen LogP contribution is 2.30. The van der Waals surface area contributed by atoms with Crippen molar-refractivity contribution in [3.05, 3.63) is 90.4 Å². The first kappa shape index (κ1) is 33.0. The van der Waals surface area contributed by atoms with E-state index in [-0.39, 0.29) is 17.9 Å². The summed E-state index contributed by atoms with van der Waals surface area (Å²) in [7, 11) is 8.05. The fourth-order valence-electron chi connectivity index (χ4n) is 6.06. The number of ether oxygens (including phenoxy) is 1. The summed E-state index contributed by atoms with van der Waals surface area (Å²) in [6, 6.07) is 22.2. The number of aromatic nitrogens is 5. The molecule has 5 aromatic rings. The number of likely N-dealkylation sites (N-methyl/N-ethyl adjacent to an activating group) is 1. The first-order chi connectivity index (χ1) is 23.3. The van der Waals surface area contributed by atoms with Gasteiger partial charge in [-0.25, -0.2) is 9.97 Å². The van der Waals surface area contributed by atoms with Gasteiger partial charge >= 0.3 is 0 Å². The largest absolute Gasteiger partial charge is 0.377 e. The van der Waals surface area contributed by atoms with Crippen LogP contribution in [0.5, 0.6) is 0 Å². The number of carbonyl (C=O) groups excluding carboxylic acids is 1. The van der Waals surface area contributed by atoms with Gasteiger partial charge in [-0.05, 0) is 75.2 Å². The summed E-state index contributed by atoms with van der Waals surface area (Å²) in [5.74, 6) is 1.86. The topological polar surface area (TPSA) is 115 Å². The summed E-state index contributed by atoms with van der Waals surface area (Å²) >= 11 is 0. The van der Waals surface area contributed by atoms with Crippen molar-refractivity contribution in [3.63, 3.8) is 0 Å². The van der Waals surface area contributed by atoms with E-state index < -0.39 is 0 Å². The monoisotopic (exact) mass is 647 g/mol. The third-order valence-corrected chi connectivity index (χ3v) is 8.89. The maximum absolute atomic E-state index is 14.2. The minimum atomic E-state index is -0.116. The van der Waals surface area contributed by atoms with Crippen molar-refractivity contribution < 1.29 is 9.53 Å². The fourth-order valence-corrected chi connectivity index (χ4v) is 6.06. The molecule has 1 aliphatic rings. The molecule has 3 aromatic heterocycles. The van der Waals surface area contributed by atoms with Gasteiger partial charge < -0.3 is 19.9 Å². The van der Waals surface area contributed by atoms with E-state index in [1.807, 2.05) is 75.7 Å². The van der Waals surface area contributed by atoms with Crippen molar-refractivity contribution in [2.45, 2.75) is 44.9 Å². The second kappa shape index (κ2) is 15.4. The summed E-state index contributed by atoms with van der Waals surface area (Å²) in [6.45, 7) is 2.44. The number of hydrogen-bond donors (Lipinski definition) is 2. The van der Waals surface area contributed by atoms with Crippen molar-refractivity contribution in [1.82, 2.24) is 30.0 Å². The van der Waals surface area contributed by atoms with E-state index in [1.54, 1.807) is 11.1 Å². The number of carbonyl (C=O) groups is 1. The number of nitrogens with zero attached hydrogens (tertiary/aromatic N) is 7. The lowest BCUT2D eigenvalue weighted by atomic mass is 9.86. The van der Waals surface area contributed by atoms with E-state index in [4.69, 9.17) is 9.72 Å². The van der Waals surface area contributed by atoms with Crippen LogP contribution in [0.1, 0.15) is 36.9 Å². The normalized spacial score (nSPS) is 16.3. The Morgan fingerprint density at radius 3 is 2.42 bits per heavy atom. The molecule has 1 amide bonds. The van der Waals surface area contributed by atoms with Gasteiger partial charge in [0.1, 0.15) is 11.6 Å². The number of nitrogens with one attached hydrogen (secondary N) is 2. The van der Waals surface area contributed by atoms with E-state index in [0.29, 0.717) is 31.5 Å².